The van der Waals surface area contributed by atoms with Gasteiger partial charge in [-0.2, -0.15) is 11.3 Å². The van der Waals surface area contributed by atoms with Crippen molar-refractivity contribution in [3.05, 3.63) is 38.5 Å². The van der Waals surface area contributed by atoms with Crippen LogP contribution in [0.1, 0.15) is 20.2 Å². The maximum Gasteiger partial charge on any atom is 0.262 e. The Balaban J connectivity index is 2.11. The molecule has 2 aromatic rings. The van der Waals surface area contributed by atoms with E-state index in [2.05, 4.69) is 15.7 Å². The summed E-state index contributed by atoms with van der Waals surface area (Å²) in [5.74, 6) is -0.0901. The molecule has 2 aromatic heterocycles. The van der Waals surface area contributed by atoms with E-state index in [1.54, 1.807) is 24.6 Å². The number of hydrogen-bond donors (Lipinski definition) is 1. The highest BCUT2D eigenvalue weighted by atomic mass is 32.1. The number of thiophene rings is 1. The second-order valence-electron chi connectivity index (χ2n) is 3.03. The Hall–Kier alpha value is -1.46. The fourth-order valence-electron chi connectivity index (χ4n) is 1.13. The lowest BCUT2D eigenvalue weighted by Gasteiger charge is -1.90. The summed E-state index contributed by atoms with van der Waals surface area (Å²) in [6, 6.07) is 2.04. The molecule has 2 heterocycles. The number of thiazole rings is 1. The summed E-state index contributed by atoms with van der Waals surface area (Å²) in [4.78, 5) is 16.1. The summed E-state index contributed by atoms with van der Waals surface area (Å²) in [6.07, 6.45) is 5.50. The smallest absolute Gasteiger partial charge is 0.262 e. The fourth-order valence-corrected chi connectivity index (χ4v) is 2.53. The van der Waals surface area contributed by atoms with Gasteiger partial charge in [-0.1, -0.05) is 6.08 Å². The van der Waals surface area contributed by atoms with Crippen molar-refractivity contribution in [2.24, 2.45) is 0 Å². The van der Waals surface area contributed by atoms with Crippen molar-refractivity contribution < 1.29 is 4.79 Å². The number of nitrogens with one attached hydrogen (secondary N) is 1. The summed E-state index contributed by atoms with van der Waals surface area (Å²) in [5, 5.41) is 7.50. The van der Waals surface area contributed by atoms with Crippen molar-refractivity contribution in [1.82, 2.24) is 10.3 Å². The SMILES string of the molecule is CNC(=O)c1cnc(/C=C/c2ccsc2)s1. The van der Waals surface area contributed by atoms with Gasteiger partial charge in [0, 0.05) is 7.05 Å². The molecule has 0 unspecified atom stereocenters. The van der Waals surface area contributed by atoms with Crippen molar-refractivity contribution in [1.29, 1.82) is 0 Å². The average molecular weight is 250 g/mol. The topological polar surface area (TPSA) is 42.0 Å². The van der Waals surface area contributed by atoms with Gasteiger partial charge >= 0.3 is 0 Å². The first kappa shape index (κ1) is 11.0. The number of carbonyl (C=O) groups is 1. The Bertz CT molecular complexity index is 500. The van der Waals surface area contributed by atoms with E-state index in [0.717, 1.165) is 10.6 Å². The molecule has 0 aliphatic rings. The number of nitrogens with zero attached hydrogens (tertiary/aromatic N) is 1. The summed E-state index contributed by atoms with van der Waals surface area (Å²) in [6.45, 7) is 0. The molecule has 0 atom stereocenters. The highest BCUT2D eigenvalue weighted by molar-refractivity contribution is 7.14. The van der Waals surface area contributed by atoms with Gasteiger partial charge in [0.1, 0.15) is 9.88 Å². The number of amides is 1. The molecule has 3 nitrogen and oxygen atoms in total. The van der Waals surface area contributed by atoms with Crippen LogP contribution in [0.2, 0.25) is 0 Å². The fraction of sp³-hybridized carbons (Fsp3) is 0.0909. The minimum atomic E-state index is -0.0901. The first-order valence-electron chi connectivity index (χ1n) is 4.68. The molecule has 1 amide bonds. The lowest BCUT2D eigenvalue weighted by atomic mass is 10.3. The first-order valence-corrected chi connectivity index (χ1v) is 6.43. The van der Waals surface area contributed by atoms with Crippen molar-refractivity contribution >= 4 is 40.7 Å². The van der Waals surface area contributed by atoms with Crippen LogP contribution in [0.4, 0.5) is 0 Å². The molecule has 2 rings (SSSR count). The van der Waals surface area contributed by atoms with Gasteiger partial charge < -0.3 is 5.32 Å². The third kappa shape index (κ3) is 2.56. The molecule has 0 saturated carbocycles. The minimum absolute atomic E-state index is 0.0901. The van der Waals surface area contributed by atoms with E-state index in [1.807, 2.05) is 23.6 Å². The van der Waals surface area contributed by atoms with Crippen LogP contribution in [0.5, 0.6) is 0 Å². The van der Waals surface area contributed by atoms with Crippen LogP contribution in [-0.2, 0) is 0 Å². The first-order chi connectivity index (χ1) is 7.79. The average Bonchev–Trinajstić information content (AvgIpc) is 2.96. The van der Waals surface area contributed by atoms with E-state index in [9.17, 15) is 4.79 Å². The Morgan fingerprint density at radius 2 is 2.38 bits per heavy atom. The Morgan fingerprint density at radius 3 is 3.06 bits per heavy atom. The third-order valence-corrected chi connectivity index (χ3v) is 3.60. The van der Waals surface area contributed by atoms with E-state index in [-0.39, 0.29) is 5.91 Å². The molecule has 0 aromatic carbocycles. The molecule has 82 valence electrons. The standard InChI is InChI=1S/C11H10N2OS2/c1-12-11(14)9-6-13-10(16-9)3-2-8-4-5-15-7-8/h2-7H,1H3,(H,12,14)/b3-2+. The van der Waals surface area contributed by atoms with Crippen molar-refractivity contribution in [3.8, 4) is 0 Å². The predicted molar refractivity (Wildman–Crippen MR) is 68.8 cm³/mol. The van der Waals surface area contributed by atoms with Gasteiger partial charge in [-0.05, 0) is 28.5 Å². The van der Waals surface area contributed by atoms with Gasteiger partial charge in [-0.3, -0.25) is 4.79 Å². The van der Waals surface area contributed by atoms with Crippen LogP contribution in [0.3, 0.4) is 0 Å². The molecule has 1 N–H and O–H groups in total. The Labute approximate surface area is 101 Å². The van der Waals surface area contributed by atoms with Gasteiger partial charge in [-0.15, -0.1) is 11.3 Å². The highest BCUT2D eigenvalue weighted by Gasteiger charge is 2.06. The molecule has 16 heavy (non-hydrogen) atoms. The maximum atomic E-state index is 11.3. The molecule has 5 heteroatoms. The zero-order chi connectivity index (χ0) is 11.4. The highest BCUT2D eigenvalue weighted by Crippen LogP contribution is 2.16. The molecule has 0 radical (unpaired) electrons. The molecular weight excluding hydrogens is 240 g/mol. The number of rotatable bonds is 3. The molecule has 0 spiro atoms. The lowest BCUT2D eigenvalue weighted by molar-refractivity contribution is 0.0967. The van der Waals surface area contributed by atoms with E-state index < -0.39 is 0 Å². The van der Waals surface area contributed by atoms with Gasteiger partial charge in [-0.25, -0.2) is 4.98 Å². The Morgan fingerprint density at radius 1 is 1.50 bits per heavy atom. The van der Waals surface area contributed by atoms with Crippen LogP contribution in [0.25, 0.3) is 12.2 Å². The second-order valence-corrected chi connectivity index (χ2v) is 4.87. The van der Waals surface area contributed by atoms with E-state index in [0.29, 0.717) is 4.88 Å². The van der Waals surface area contributed by atoms with Gasteiger partial charge in [0.05, 0.1) is 6.20 Å². The molecule has 0 saturated heterocycles. The number of carbonyl (C=O) groups excluding carboxylic acids is 1. The normalized spacial score (nSPS) is 10.8. The Kier molecular flexibility index (Phi) is 3.48. The zero-order valence-electron chi connectivity index (χ0n) is 8.64. The molecule has 0 aliphatic heterocycles. The summed E-state index contributed by atoms with van der Waals surface area (Å²) in [7, 11) is 1.61. The third-order valence-electron chi connectivity index (χ3n) is 1.94. The van der Waals surface area contributed by atoms with Crippen LogP contribution in [0.15, 0.2) is 23.0 Å². The quantitative estimate of drug-likeness (QED) is 0.910. The van der Waals surface area contributed by atoms with Crippen LogP contribution < -0.4 is 5.32 Å². The number of hydrogen-bond acceptors (Lipinski definition) is 4. The molecule has 0 fully saturated rings. The second kappa shape index (κ2) is 5.05. The molecular formula is C11H10N2OS2. The lowest BCUT2D eigenvalue weighted by Crippen LogP contribution is -2.16. The van der Waals surface area contributed by atoms with Crippen LogP contribution in [0, 0.1) is 0 Å². The van der Waals surface area contributed by atoms with E-state index in [1.165, 1.54) is 11.3 Å². The van der Waals surface area contributed by atoms with E-state index in [4.69, 9.17) is 0 Å². The largest absolute Gasteiger partial charge is 0.354 e. The van der Waals surface area contributed by atoms with Crippen LogP contribution >= 0.6 is 22.7 Å². The van der Waals surface area contributed by atoms with Crippen molar-refractivity contribution in [3.63, 3.8) is 0 Å². The monoisotopic (exact) mass is 250 g/mol. The molecule has 0 aliphatic carbocycles. The summed E-state index contributed by atoms with van der Waals surface area (Å²) in [5.41, 5.74) is 1.15. The molecule has 0 bridgehead atoms. The van der Waals surface area contributed by atoms with Crippen LogP contribution in [-0.4, -0.2) is 17.9 Å². The van der Waals surface area contributed by atoms with Crippen molar-refractivity contribution in [2.45, 2.75) is 0 Å². The van der Waals surface area contributed by atoms with Crippen molar-refractivity contribution in [2.75, 3.05) is 7.05 Å². The summed E-state index contributed by atoms with van der Waals surface area (Å²) < 4.78 is 0. The van der Waals surface area contributed by atoms with Gasteiger partial charge in [0.2, 0.25) is 0 Å². The number of aromatic nitrogens is 1. The van der Waals surface area contributed by atoms with Gasteiger partial charge in [0.15, 0.2) is 0 Å². The zero-order valence-corrected chi connectivity index (χ0v) is 10.3. The predicted octanol–water partition coefficient (Wildman–Crippen LogP) is 2.73. The minimum Gasteiger partial charge on any atom is -0.354 e. The maximum absolute atomic E-state index is 11.3. The van der Waals surface area contributed by atoms with E-state index >= 15 is 0 Å². The summed E-state index contributed by atoms with van der Waals surface area (Å²) >= 11 is 3.04. The van der Waals surface area contributed by atoms with Gasteiger partial charge in [0.25, 0.3) is 5.91 Å².